The third-order valence-electron chi connectivity index (χ3n) is 0.0333. The molecule has 0 spiro atoms. The Morgan fingerprint density at radius 3 is 1.00 bits per heavy atom. The largest absolute Gasteiger partial charge is 0.0776 e. The van der Waals surface area contributed by atoms with Crippen molar-refractivity contribution in [3.63, 3.8) is 0 Å². The summed E-state index contributed by atoms with van der Waals surface area (Å²) in [7, 11) is 1.74. The van der Waals surface area contributed by atoms with Gasteiger partial charge in [-0.3, -0.25) is 0 Å². The van der Waals surface area contributed by atoms with Crippen LogP contribution in [-0.4, -0.2) is 0 Å². The molecule has 0 saturated heterocycles. The normalized spacial score (nSPS) is 6.00. The lowest BCUT2D eigenvalue weighted by Crippen LogP contribution is -0.780. The first-order chi connectivity index (χ1) is 1.91. The Labute approximate surface area is 52.9 Å². The lowest BCUT2D eigenvalue weighted by atomic mass is 12.0. The van der Waals surface area contributed by atoms with Gasteiger partial charge in [-0.25, -0.2) is 0 Å². The first-order valence-corrected chi connectivity index (χ1v) is 5.09. The van der Waals surface area contributed by atoms with Gasteiger partial charge in [0.2, 0.25) is 0 Å². The summed E-state index contributed by atoms with van der Waals surface area (Å²) in [5.74, 6) is 0. The van der Waals surface area contributed by atoms with E-state index in [0.29, 0.717) is 0 Å². The van der Waals surface area contributed by atoms with E-state index in [9.17, 15) is 0 Å². The molecule has 0 aliphatic rings. The minimum Gasteiger partial charge on any atom is -0.0776 e. The third-order valence-corrected chi connectivity index (χ3v) is 2.70. The summed E-state index contributed by atoms with van der Waals surface area (Å²) in [6.07, 6.45) is 0. The van der Waals surface area contributed by atoms with E-state index in [2.05, 4.69) is 23.6 Å². The fourth-order valence-corrected chi connectivity index (χ4v) is 0. The molecule has 0 aromatic heterocycles. The summed E-state index contributed by atoms with van der Waals surface area (Å²) in [5.41, 5.74) is 0. The van der Waals surface area contributed by atoms with Gasteiger partial charge in [0.15, 0.2) is 0 Å². The third kappa shape index (κ3) is 19.8. The van der Waals surface area contributed by atoms with Crippen LogP contribution in [0.3, 0.4) is 0 Å². The van der Waals surface area contributed by atoms with Gasteiger partial charge in [-0.1, -0.05) is 14.9 Å². The van der Waals surface area contributed by atoms with Crippen molar-refractivity contribution in [3.8, 4) is 0 Å². The van der Waals surface area contributed by atoms with Crippen molar-refractivity contribution < 1.29 is 0 Å². The molecule has 4 heteroatoms. The van der Waals surface area contributed by atoms with Gasteiger partial charge in [-0.15, -0.1) is 0 Å². The quantitative estimate of drug-likeness (QED) is 0.538. The summed E-state index contributed by atoms with van der Waals surface area (Å²) in [6.45, 7) is 0. The van der Waals surface area contributed by atoms with Gasteiger partial charge in [0, 0.05) is 14.1 Å². The topological polar surface area (TPSA) is 0 Å². The van der Waals surface area contributed by atoms with E-state index in [1.165, 1.54) is 0 Å². The molecular formula is C2H8P2S2. The van der Waals surface area contributed by atoms with Crippen LogP contribution in [0.15, 0.2) is 0 Å². The van der Waals surface area contributed by atoms with Crippen LogP contribution in [0.4, 0.5) is 0 Å². The summed E-state index contributed by atoms with van der Waals surface area (Å²) >= 11 is 8.82. The highest BCUT2D eigenvalue weighted by molar-refractivity contribution is 8.40. The lowest BCUT2D eigenvalue weighted by Gasteiger charge is -1.34. The van der Waals surface area contributed by atoms with E-state index in [-0.39, 0.29) is 14.9 Å². The first kappa shape index (κ1) is 15.7. The van der Waals surface area contributed by atoms with Gasteiger partial charge >= 0.3 is 0 Å². The van der Waals surface area contributed by atoms with Crippen LogP contribution in [-0.2, 0) is 23.6 Å². The highest BCUT2D eigenvalue weighted by Gasteiger charge is 1.39. The predicted molar refractivity (Wildman–Crippen MR) is 42.0 cm³/mol. The average molecular weight is 158 g/mol. The lowest BCUT2D eigenvalue weighted by molar-refractivity contribution is 2.50. The summed E-state index contributed by atoms with van der Waals surface area (Å²) in [6, 6.07) is 0. The Morgan fingerprint density at radius 1 is 0.833 bits per heavy atom. The van der Waals surface area contributed by atoms with Crippen molar-refractivity contribution in [2.75, 3.05) is 0 Å². The van der Waals surface area contributed by atoms with Gasteiger partial charge in [0.25, 0.3) is 0 Å². The predicted octanol–water partition coefficient (Wildman–Crippen LogP) is 2.99. The van der Waals surface area contributed by atoms with E-state index >= 15 is 0 Å². The zero-order chi connectivity index (χ0) is 3.41. The monoisotopic (exact) mass is 158 g/mol. The second-order valence-electron chi connectivity index (χ2n) is 0.163. The van der Waals surface area contributed by atoms with E-state index in [4.69, 9.17) is 0 Å². The molecule has 0 rings (SSSR count). The molecule has 0 aromatic carbocycles. The number of rotatable bonds is 1. The summed E-state index contributed by atoms with van der Waals surface area (Å²) in [4.78, 5) is 0. The van der Waals surface area contributed by atoms with Gasteiger partial charge < -0.3 is 0 Å². The zero-order valence-electron chi connectivity index (χ0n) is 1.71. The van der Waals surface area contributed by atoms with E-state index in [1.54, 1.807) is 0 Å². The molecule has 0 bridgehead atoms. The van der Waals surface area contributed by atoms with E-state index in [1.807, 2.05) is 0 Å². The van der Waals surface area contributed by atoms with Gasteiger partial charge in [0.1, 0.15) is 0 Å². The van der Waals surface area contributed by atoms with Crippen LogP contribution in [0.5, 0.6) is 0 Å². The summed E-state index contributed by atoms with van der Waals surface area (Å²) < 4.78 is 0. The smallest absolute Gasteiger partial charge is 0.0464 e. The van der Waals surface area contributed by atoms with Crippen molar-refractivity contribution in [1.82, 2.24) is 0 Å². The number of hydrogen-bond acceptors (Lipinski definition) is 2. The Bertz CT molecular complexity index is 30.5. The Balaban J connectivity index is -0.0000000450. The van der Waals surface area contributed by atoms with Gasteiger partial charge in [0.05, 0.1) is 0 Å². The van der Waals surface area contributed by atoms with Crippen LogP contribution >= 0.6 is 14.1 Å². The molecule has 0 nitrogen and oxygen atoms in total. The summed E-state index contributed by atoms with van der Waals surface area (Å²) in [5, 5.41) is 0. The van der Waals surface area contributed by atoms with Crippen molar-refractivity contribution in [2.24, 2.45) is 0 Å². The average Bonchev–Trinajstić information content (AvgIpc) is 1.37. The molecule has 0 atom stereocenters. The van der Waals surface area contributed by atoms with E-state index < -0.39 is 0 Å². The molecule has 0 saturated carbocycles. The maximum Gasteiger partial charge on any atom is 0.0464 e. The molecule has 38 valence electrons. The Kier molecular flexibility index (Phi) is 43.5. The van der Waals surface area contributed by atoms with Crippen LogP contribution in [0.1, 0.15) is 14.9 Å². The molecule has 0 aliphatic heterocycles. The van der Waals surface area contributed by atoms with E-state index in [0.717, 1.165) is 14.1 Å². The molecule has 0 aromatic rings. The highest BCUT2D eigenvalue weighted by Crippen LogP contribution is 2.10. The van der Waals surface area contributed by atoms with Crippen LogP contribution < -0.4 is 0 Å². The molecule has 0 unspecified atom stereocenters. The van der Waals surface area contributed by atoms with Crippen molar-refractivity contribution in [2.45, 2.75) is 14.9 Å². The Hall–Kier alpha value is 1.04. The second kappa shape index (κ2) is 16.6. The van der Waals surface area contributed by atoms with Crippen molar-refractivity contribution >= 4 is 37.7 Å². The van der Waals surface area contributed by atoms with Crippen molar-refractivity contribution in [3.05, 3.63) is 0 Å². The SMILES string of the molecule is C.C.S=PP=S. The molecule has 6 heavy (non-hydrogen) atoms. The Morgan fingerprint density at radius 2 is 1.00 bits per heavy atom. The van der Waals surface area contributed by atoms with Crippen LogP contribution in [0.25, 0.3) is 0 Å². The fourth-order valence-electron chi connectivity index (χ4n) is 0. The second-order valence-corrected chi connectivity index (χ2v) is 4.41. The highest BCUT2D eigenvalue weighted by atomic mass is 32.7. The van der Waals surface area contributed by atoms with Crippen LogP contribution in [0, 0.1) is 0 Å². The molecule has 0 amide bonds. The number of hydrogen-bond donors (Lipinski definition) is 0. The first-order valence-electron chi connectivity index (χ1n) is 0.565. The molecule has 0 aliphatic carbocycles. The maximum atomic E-state index is 4.41. The molecule has 0 fully saturated rings. The van der Waals surface area contributed by atoms with Crippen LogP contribution in [0.2, 0.25) is 0 Å². The standard InChI is InChI=1S/2CH4.P2S2/c;;3-1-2-4/h2*1H4;. The minimum atomic E-state index is 0. The molecule has 0 heterocycles. The van der Waals surface area contributed by atoms with Gasteiger partial charge in [-0.2, -0.15) is 0 Å². The molecular weight excluding hydrogens is 150 g/mol. The molecule has 0 radical (unpaired) electrons. The fraction of sp³-hybridized carbons (Fsp3) is 1.00. The minimum absolute atomic E-state index is 0. The maximum absolute atomic E-state index is 4.41. The van der Waals surface area contributed by atoms with Gasteiger partial charge in [-0.05, 0) is 23.6 Å². The molecule has 0 N–H and O–H groups in total. The zero-order valence-corrected chi connectivity index (χ0v) is 5.13. The van der Waals surface area contributed by atoms with Crippen molar-refractivity contribution in [1.29, 1.82) is 0 Å².